The molecule has 5 heteroatoms. The van der Waals surface area contributed by atoms with Crippen molar-refractivity contribution < 1.29 is 9.47 Å². The zero-order chi connectivity index (χ0) is 14.4. The monoisotopic (exact) mass is 296 g/mol. The van der Waals surface area contributed by atoms with Gasteiger partial charge in [0.15, 0.2) is 11.5 Å². The molecule has 1 aliphatic heterocycles. The van der Waals surface area contributed by atoms with Gasteiger partial charge in [-0.05, 0) is 50.1 Å². The van der Waals surface area contributed by atoms with Crippen LogP contribution in [0, 0.1) is 0 Å². The van der Waals surface area contributed by atoms with E-state index in [9.17, 15) is 0 Å². The molecule has 112 valence electrons. The first-order valence-corrected chi connectivity index (χ1v) is 8.32. The van der Waals surface area contributed by atoms with Crippen molar-refractivity contribution in [1.29, 1.82) is 0 Å². The van der Waals surface area contributed by atoms with Crippen LogP contribution in [0.1, 0.15) is 38.3 Å². The van der Waals surface area contributed by atoms with Crippen molar-refractivity contribution in [2.45, 2.75) is 38.0 Å². The second-order valence-corrected chi connectivity index (χ2v) is 6.12. The zero-order valence-electron chi connectivity index (χ0n) is 12.2. The summed E-state index contributed by atoms with van der Waals surface area (Å²) in [6.45, 7) is 5.22. The van der Waals surface area contributed by atoms with Gasteiger partial charge in [0.2, 0.25) is 0 Å². The molecule has 1 saturated heterocycles. The smallest absolute Gasteiger partial charge is 0.161 e. The van der Waals surface area contributed by atoms with Gasteiger partial charge in [0.05, 0.1) is 19.3 Å². The predicted octanol–water partition coefficient (Wildman–Crippen LogP) is 2.88. The summed E-state index contributed by atoms with van der Waals surface area (Å²) in [6.07, 6.45) is 2.47. The summed E-state index contributed by atoms with van der Waals surface area (Å²) in [6, 6.07) is 6.28. The molecule has 1 fully saturated rings. The van der Waals surface area contributed by atoms with E-state index in [1.807, 2.05) is 31.7 Å². The molecule has 2 atom stereocenters. The van der Waals surface area contributed by atoms with Gasteiger partial charge in [-0.3, -0.25) is 11.3 Å². The van der Waals surface area contributed by atoms with Crippen molar-refractivity contribution in [3.05, 3.63) is 23.8 Å². The molecule has 1 heterocycles. The van der Waals surface area contributed by atoms with E-state index in [0.717, 1.165) is 11.5 Å². The molecular weight excluding hydrogens is 272 g/mol. The Kier molecular flexibility index (Phi) is 6.01. The van der Waals surface area contributed by atoms with Crippen molar-refractivity contribution in [2.24, 2.45) is 5.84 Å². The summed E-state index contributed by atoms with van der Waals surface area (Å²) < 4.78 is 11.3. The van der Waals surface area contributed by atoms with Gasteiger partial charge in [0.25, 0.3) is 0 Å². The van der Waals surface area contributed by atoms with Crippen LogP contribution in [0.4, 0.5) is 0 Å². The minimum atomic E-state index is 0.164. The molecule has 1 aliphatic rings. The lowest BCUT2D eigenvalue weighted by Crippen LogP contribution is -2.34. The number of hydrazine groups is 1. The molecule has 3 N–H and O–H groups in total. The Bertz CT molecular complexity index is 422. The van der Waals surface area contributed by atoms with Gasteiger partial charge in [-0.15, -0.1) is 0 Å². The van der Waals surface area contributed by atoms with Crippen LogP contribution in [0.5, 0.6) is 11.5 Å². The number of hydrogen-bond donors (Lipinski definition) is 2. The maximum atomic E-state index is 5.77. The average Bonchev–Trinajstić information content (AvgIpc) is 2.97. The topological polar surface area (TPSA) is 56.5 Å². The highest BCUT2D eigenvalue weighted by molar-refractivity contribution is 8.00. The summed E-state index contributed by atoms with van der Waals surface area (Å²) in [7, 11) is 0. The normalized spacial score (nSPS) is 19.9. The van der Waals surface area contributed by atoms with Crippen molar-refractivity contribution in [3.63, 3.8) is 0 Å². The van der Waals surface area contributed by atoms with Gasteiger partial charge in [0.1, 0.15) is 0 Å². The second kappa shape index (κ2) is 7.76. The fourth-order valence-electron chi connectivity index (χ4n) is 2.54. The number of hydrogen-bond acceptors (Lipinski definition) is 5. The maximum absolute atomic E-state index is 5.77. The third kappa shape index (κ3) is 3.59. The number of nitrogens with two attached hydrogens (primary N) is 1. The molecule has 2 rings (SSSR count). The van der Waals surface area contributed by atoms with E-state index in [1.54, 1.807) is 0 Å². The summed E-state index contributed by atoms with van der Waals surface area (Å²) >= 11 is 1.99. The molecule has 0 aromatic heterocycles. The summed E-state index contributed by atoms with van der Waals surface area (Å²) in [5.74, 6) is 8.59. The van der Waals surface area contributed by atoms with E-state index in [-0.39, 0.29) is 6.04 Å². The first-order valence-electron chi connectivity index (χ1n) is 7.27. The molecule has 20 heavy (non-hydrogen) atoms. The quantitative estimate of drug-likeness (QED) is 0.598. The van der Waals surface area contributed by atoms with E-state index < -0.39 is 0 Å². The van der Waals surface area contributed by atoms with E-state index in [4.69, 9.17) is 15.3 Å². The van der Waals surface area contributed by atoms with Crippen molar-refractivity contribution in [3.8, 4) is 11.5 Å². The summed E-state index contributed by atoms with van der Waals surface area (Å²) in [5, 5.41) is 0.535. The summed E-state index contributed by atoms with van der Waals surface area (Å²) in [5.41, 5.74) is 4.13. The zero-order valence-corrected chi connectivity index (χ0v) is 13.0. The lowest BCUT2D eigenvalue weighted by atomic mass is 10.0. The molecule has 4 nitrogen and oxygen atoms in total. The maximum Gasteiger partial charge on any atom is 0.161 e. The third-order valence-electron chi connectivity index (χ3n) is 3.44. The Labute approximate surface area is 125 Å². The molecule has 0 saturated carbocycles. The second-order valence-electron chi connectivity index (χ2n) is 4.77. The lowest BCUT2D eigenvalue weighted by Gasteiger charge is -2.23. The highest BCUT2D eigenvalue weighted by Crippen LogP contribution is 2.38. The lowest BCUT2D eigenvalue weighted by molar-refractivity contribution is 0.287. The molecule has 0 spiro atoms. The number of benzene rings is 1. The SMILES string of the molecule is CCOc1ccc(C(NN)C2CCCS2)cc1OCC. The van der Waals surface area contributed by atoms with Crippen LogP contribution in [0.2, 0.25) is 0 Å². The molecule has 0 bridgehead atoms. The van der Waals surface area contributed by atoms with Gasteiger partial charge in [0, 0.05) is 5.25 Å². The van der Waals surface area contributed by atoms with Crippen LogP contribution in [-0.2, 0) is 0 Å². The fourth-order valence-corrected chi connectivity index (χ4v) is 3.94. The highest BCUT2D eigenvalue weighted by Gasteiger charge is 2.26. The standard InChI is InChI=1S/C15H24N2O2S/c1-3-18-12-8-7-11(10-13(12)19-4-2)15(17-16)14-6-5-9-20-14/h7-8,10,14-15,17H,3-6,9,16H2,1-2H3. The Balaban J connectivity index is 2.23. The number of rotatable bonds is 7. The van der Waals surface area contributed by atoms with E-state index in [1.165, 1.54) is 24.2 Å². The van der Waals surface area contributed by atoms with Gasteiger partial charge < -0.3 is 9.47 Å². The molecular formula is C15H24N2O2S. The van der Waals surface area contributed by atoms with E-state index >= 15 is 0 Å². The largest absolute Gasteiger partial charge is 0.490 e. The van der Waals surface area contributed by atoms with Crippen LogP contribution in [0.25, 0.3) is 0 Å². The fraction of sp³-hybridized carbons (Fsp3) is 0.600. The molecule has 0 radical (unpaired) electrons. The van der Waals surface area contributed by atoms with Crippen LogP contribution in [0.15, 0.2) is 18.2 Å². The van der Waals surface area contributed by atoms with Gasteiger partial charge in [-0.1, -0.05) is 6.07 Å². The molecule has 2 unspecified atom stereocenters. The first kappa shape index (κ1) is 15.5. The molecule has 0 aliphatic carbocycles. The summed E-state index contributed by atoms with van der Waals surface area (Å²) in [4.78, 5) is 0. The third-order valence-corrected chi connectivity index (χ3v) is 4.90. The minimum Gasteiger partial charge on any atom is -0.490 e. The van der Waals surface area contributed by atoms with Gasteiger partial charge >= 0.3 is 0 Å². The van der Waals surface area contributed by atoms with E-state index in [0.29, 0.717) is 18.5 Å². The van der Waals surface area contributed by atoms with Crippen LogP contribution >= 0.6 is 11.8 Å². The van der Waals surface area contributed by atoms with Crippen molar-refractivity contribution >= 4 is 11.8 Å². The van der Waals surface area contributed by atoms with Crippen LogP contribution in [0.3, 0.4) is 0 Å². The van der Waals surface area contributed by atoms with Gasteiger partial charge in [-0.25, -0.2) is 0 Å². The van der Waals surface area contributed by atoms with Gasteiger partial charge in [-0.2, -0.15) is 11.8 Å². The van der Waals surface area contributed by atoms with E-state index in [2.05, 4.69) is 17.6 Å². The molecule has 1 aromatic rings. The predicted molar refractivity (Wildman–Crippen MR) is 84.3 cm³/mol. The highest BCUT2D eigenvalue weighted by atomic mass is 32.2. The average molecular weight is 296 g/mol. The van der Waals surface area contributed by atoms with Crippen molar-refractivity contribution in [2.75, 3.05) is 19.0 Å². The van der Waals surface area contributed by atoms with Crippen LogP contribution < -0.4 is 20.7 Å². The van der Waals surface area contributed by atoms with Crippen LogP contribution in [-0.4, -0.2) is 24.2 Å². The number of nitrogens with one attached hydrogen (secondary N) is 1. The minimum absolute atomic E-state index is 0.164. The molecule has 0 amide bonds. The Morgan fingerprint density at radius 1 is 1.30 bits per heavy atom. The first-order chi connectivity index (χ1) is 9.80. The number of ether oxygens (including phenoxy) is 2. The Hall–Kier alpha value is -0.910. The molecule has 1 aromatic carbocycles. The number of thioether (sulfide) groups is 1. The Morgan fingerprint density at radius 2 is 2.05 bits per heavy atom. The Morgan fingerprint density at radius 3 is 2.65 bits per heavy atom. The van der Waals surface area contributed by atoms with Crippen molar-refractivity contribution in [1.82, 2.24) is 5.43 Å².